The van der Waals surface area contributed by atoms with Gasteiger partial charge in [-0.05, 0) is 36.9 Å². The van der Waals surface area contributed by atoms with Crippen molar-refractivity contribution < 1.29 is 0 Å². The fraction of sp³-hybridized carbons (Fsp3) is 0.692. The highest BCUT2D eigenvalue weighted by Gasteiger charge is 2.17. The van der Waals surface area contributed by atoms with Crippen molar-refractivity contribution in [1.82, 2.24) is 15.5 Å². The normalized spacial score (nSPS) is 14.7. The molecule has 0 aliphatic rings. The van der Waals surface area contributed by atoms with Crippen LogP contribution in [-0.2, 0) is 0 Å². The summed E-state index contributed by atoms with van der Waals surface area (Å²) < 4.78 is 0. The van der Waals surface area contributed by atoms with Gasteiger partial charge in [-0.1, -0.05) is 27.2 Å². The summed E-state index contributed by atoms with van der Waals surface area (Å²) in [4.78, 5) is 0. The Morgan fingerprint density at radius 1 is 1.25 bits per heavy atom. The molecule has 0 spiro atoms. The van der Waals surface area contributed by atoms with Gasteiger partial charge in [0.25, 0.3) is 0 Å². The van der Waals surface area contributed by atoms with E-state index in [1.165, 1.54) is 18.4 Å². The van der Waals surface area contributed by atoms with Crippen molar-refractivity contribution in [3.05, 3.63) is 24.0 Å². The average Bonchev–Trinajstić information content (AvgIpc) is 2.31. The van der Waals surface area contributed by atoms with Crippen molar-refractivity contribution >= 4 is 0 Å². The lowest BCUT2D eigenvalue weighted by atomic mass is 9.92. The Kier molecular flexibility index (Phi) is 6.01. The summed E-state index contributed by atoms with van der Waals surface area (Å²) >= 11 is 0. The van der Waals surface area contributed by atoms with E-state index in [1.807, 2.05) is 6.20 Å². The average molecular weight is 221 g/mol. The number of hydrogen-bond acceptors (Lipinski definition) is 3. The minimum Gasteiger partial charge on any atom is -0.310 e. The largest absolute Gasteiger partial charge is 0.310 e. The Balaban J connectivity index is 2.70. The van der Waals surface area contributed by atoms with Gasteiger partial charge in [-0.25, -0.2) is 0 Å². The SMILES string of the molecule is CCCNC(c1ccnnc1)C(C)CCC. The molecule has 0 amide bonds. The number of hydrogen-bond donors (Lipinski definition) is 1. The fourth-order valence-electron chi connectivity index (χ4n) is 2.05. The van der Waals surface area contributed by atoms with Crippen molar-refractivity contribution in [3.8, 4) is 0 Å². The van der Waals surface area contributed by atoms with Crippen molar-refractivity contribution in [2.24, 2.45) is 5.92 Å². The summed E-state index contributed by atoms with van der Waals surface area (Å²) in [5.74, 6) is 0.640. The Labute approximate surface area is 98.7 Å². The van der Waals surface area contributed by atoms with E-state index in [1.54, 1.807) is 6.20 Å². The summed E-state index contributed by atoms with van der Waals surface area (Å²) in [5.41, 5.74) is 1.25. The molecule has 0 aliphatic heterocycles. The van der Waals surface area contributed by atoms with Crippen LogP contribution in [0, 0.1) is 5.92 Å². The molecule has 0 aliphatic carbocycles. The topological polar surface area (TPSA) is 37.8 Å². The van der Waals surface area contributed by atoms with Crippen LogP contribution in [0.4, 0.5) is 0 Å². The third kappa shape index (κ3) is 3.89. The summed E-state index contributed by atoms with van der Waals surface area (Å²) in [7, 11) is 0. The van der Waals surface area contributed by atoms with Crippen LogP contribution in [0.25, 0.3) is 0 Å². The predicted octanol–water partition coefficient (Wildman–Crippen LogP) is 2.95. The lowest BCUT2D eigenvalue weighted by molar-refractivity contribution is 0.362. The second-order valence-corrected chi connectivity index (χ2v) is 4.37. The van der Waals surface area contributed by atoms with E-state index >= 15 is 0 Å². The van der Waals surface area contributed by atoms with Gasteiger partial charge in [0.15, 0.2) is 0 Å². The monoisotopic (exact) mass is 221 g/mol. The van der Waals surface area contributed by atoms with Crippen LogP contribution in [0.2, 0.25) is 0 Å². The van der Waals surface area contributed by atoms with Crippen molar-refractivity contribution in [2.75, 3.05) is 6.54 Å². The maximum Gasteiger partial charge on any atom is 0.0544 e. The van der Waals surface area contributed by atoms with E-state index in [0.29, 0.717) is 12.0 Å². The lowest BCUT2D eigenvalue weighted by Crippen LogP contribution is -2.27. The number of nitrogens with zero attached hydrogens (tertiary/aromatic N) is 2. The van der Waals surface area contributed by atoms with Gasteiger partial charge in [0.1, 0.15) is 0 Å². The first kappa shape index (κ1) is 13.1. The molecule has 0 fully saturated rings. The third-order valence-corrected chi connectivity index (χ3v) is 2.89. The van der Waals surface area contributed by atoms with Gasteiger partial charge in [-0.2, -0.15) is 10.2 Å². The molecule has 1 heterocycles. The maximum absolute atomic E-state index is 3.97. The molecular weight excluding hydrogens is 198 g/mol. The van der Waals surface area contributed by atoms with Crippen molar-refractivity contribution in [1.29, 1.82) is 0 Å². The van der Waals surface area contributed by atoms with Crippen LogP contribution in [-0.4, -0.2) is 16.7 Å². The zero-order chi connectivity index (χ0) is 11.8. The van der Waals surface area contributed by atoms with Crippen molar-refractivity contribution in [3.63, 3.8) is 0 Å². The van der Waals surface area contributed by atoms with Gasteiger partial charge >= 0.3 is 0 Å². The first-order valence-corrected chi connectivity index (χ1v) is 6.29. The first-order valence-electron chi connectivity index (χ1n) is 6.29. The minimum atomic E-state index is 0.412. The standard InChI is InChI=1S/C13H23N3/c1-4-6-11(3)13(14-8-5-2)12-7-9-15-16-10-12/h7,9-11,13-14H,4-6,8H2,1-3H3. The Bertz CT molecular complexity index is 274. The number of aromatic nitrogens is 2. The van der Waals surface area contributed by atoms with Gasteiger partial charge < -0.3 is 5.32 Å². The van der Waals surface area contributed by atoms with Crippen LogP contribution in [0.5, 0.6) is 0 Å². The highest BCUT2D eigenvalue weighted by Crippen LogP contribution is 2.24. The number of nitrogens with one attached hydrogen (secondary N) is 1. The smallest absolute Gasteiger partial charge is 0.0544 e. The number of rotatable bonds is 7. The van der Waals surface area contributed by atoms with Gasteiger partial charge in [0.2, 0.25) is 0 Å². The molecule has 2 unspecified atom stereocenters. The van der Waals surface area contributed by atoms with Gasteiger partial charge in [0, 0.05) is 12.2 Å². The zero-order valence-electron chi connectivity index (χ0n) is 10.6. The van der Waals surface area contributed by atoms with Crippen LogP contribution in [0.15, 0.2) is 18.5 Å². The molecule has 0 bridgehead atoms. The molecule has 3 nitrogen and oxygen atoms in total. The van der Waals surface area contributed by atoms with E-state index in [2.05, 4.69) is 42.4 Å². The quantitative estimate of drug-likeness (QED) is 0.769. The molecule has 1 aromatic heterocycles. The van der Waals surface area contributed by atoms with Gasteiger partial charge in [-0.15, -0.1) is 0 Å². The first-order chi connectivity index (χ1) is 7.79. The molecule has 2 atom stereocenters. The van der Waals surface area contributed by atoms with Crippen LogP contribution >= 0.6 is 0 Å². The van der Waals surface area contributed by atoms with E-state index in [-0.39, 0.29) is 0 Å². The zero-order valence-corrected chi connectivity index (χ0v) is 10.6. The Hall–Kier alpha value is -0.960. The maximum atomic E-state index is 3.97. The molecule has 0 saturated heterocycles. The molecular formula is C13H23N3. The summed E-state index contributed by atoms with van der Waals surface area (Å²) in [6.45, 7) is 7.79. The second-order valence-electron chi connectivity index (χ2n) is 4.37. The Morgan fingerprint density at radius 2 is 2.06 bits per heavy atom. The van der Waals surface area contributed by atoms with E-state index in [9.17, 15) is 0 Å². The van der Waals surface area contributed by atoms with Crippen LogP contribution in [0.3, 0.4) is 0 Å². The van der Waals surface area contributed by atoms with Crippen molar-refractivity contribution in [2.45, 2.75) is 46.1 Å². The fourth-order valence-corrected chi connectivity index (χ4v) is 2.05. The lowest BCUT2D eigenvalue weighted by Gasteiger charge is -2.25. The molecule has 0 aromatic carbocycles. The highest BCUT2D eigenvalue weighted by molar-refractivity contribution is 5.12. The van der Waals surface area contributed by atoms with E-state index in [4.69, 9.17) is 0 Å². The van der Waals surface area contributed by atoms with Gasteiger partial charge in [0.05, 0.1) is 6.20 Å². The van der Waals surface area contributed by atoms with Crippen LogP contribution < -0.4 is 5.32 Å². The minimum absolute atomic E-state index is 0.412. The second kappa shape index (κ2) is 7.34. The molecule has 90 valence electrons. The summed E-state index contributed by atoms with van der Waals surface area (Å²) in [5, 5.41) is 11.4. The third-order valence-electron chi connectivity index (χ3n) is 2.89. The molecule has 1 aromatic rings. The molecule has 16 heavy (non-hydrogen) atoms. The Morgan fingerprint density at radius 3 is 2.62 bits per heavy atom. The molecule has 3 heteroatoms. The van der Waals surface area contributed by atoms with Gasteiger partial charge in [-0.3, -0.25) is 0 Å². The molecule has 1 N–H and O–H groups in total. The van der Waals surface area contributed by atoms with E-state index in [0.717, 1.165) is 13.0 Å². The summed E-state index contributed by atoms with van der Waals surface area (Å²) in [6.07, 6.45) is 7.27. The van der Waals surface area contributed by atoms with E-state index < -0.39 is 0 Å². The molecule has 0 saturated carbocycles. The van der Waals surface area contributed by atoms with Crippen LogP contribution in [0.1, 0.15) is 51.6 Å². The highest BCUT2D eigenvalue weighted by atomic mass is 15.1. The molecule has 1 rings (SSSR count). The molecule has 0 radical (unpaired) electrons. The summed E-state index contributed by atoms with van der Waals surface area (Å²) in [6, 6.07) is 2.47. The predicted molar refractivity (Wildman–Crippen MR) is 67.1 cm³/mol.